The van der Waals surface area contributed by atoms with Crippen molar-refractivity contribution in [2.45, 2.75) is 85.6 Å². The van der Waals surface area contributed by atoms with Crippen LogP contribution in [-0.2, 0) is 12.8 Å². The Hall–Kier alpha value is -1.42. The van der Waals surface area contributed by atoms with Gasteiger partial charge in [0.25, 0.3) is 0 Å². The zero-order valence-corrected chi connectivity index (χ0v) is 21.3. The van der Waals surface area contributed by atoms with Crippen LogP contribution in [0.4, 0.5) is 0 Å². The van der Waals surface area contributed by atoms with Crippen molar-refractivity contribution in [2.75, 3.05) is 6.54 Å². The Bertz CT molecular complexity index is 1070. The van der Waals surface area contributed by atoms with Crippen LogP contribution in [0.5, 0.6) is 0 Å². The first-order chi connectivity index (χ1) is 16.3. The predicted octanol–water partition coefficient (Wildman–Crippen LogP) is 7.97. The number of fused-ring (bicyclic) bond motifs is 7. The van der Waals surface area contributed by atoms with Gasteiger partial charge in [0.1, 0.15) is 0 Å². The topological polar surface area (TPSA) is 12.0 Å². The summed E-state index contributed by atoms with van der Waals surface area (Å²) in [6.07, 6.45) is 15.3. The number of thioether (sulfide) groups is 2. The Morgan fingerprint density at radius 2 is 1.88 bits per heavy atom. The molecule has 3 heteroatoms. The molecule has 0 fully saturated rings. The molecule has 33 heavy (non-hydrogen) atoms. The molecule has 172 valence electrons. The highest BCUT2D eigenvalue weighted by molar-refractivity contribution is 8.04. The molecule has 4 unspecified atom stereocenters. The minimum Gasteiger partial charge on any atom is -0.305 e. The molecular weight excluding hydrogens is 438 g/mol. The van der Waals surface area contributed by atoms with Crippen LogP contribution < -0.4 is 5.32 Å². The number of nitrogens with one attached hydrogen (secondary N) is 1. The second-order valence-corrected chi connectivity index (χ2v) is 12.7. The number of aryl methyl sites for hydroxylation is 1. The summed E-state index contributed by atoms with van der Waals surface area (Å²) in [5.41, 5.74) is 7.98. The fourth-order valence-corrected chi connectivity index (χ4v) is 9.09. The lowest BCUT2D eigenvalue weighted by molar-refractivity contribution is 0.581. The van der Waals surface area contributed by atoms with Gasteiger partial charge < -0.3 is 5.32 Å². The second kappa shape index (κ2) is 9.68. The summed E-state index contributed by atoms with van der Waals surface area (Å²) in [5, 5.41) is 5.15. The molecule has 0 saturated carbocycles. The van der Waals surface area contributed by atoms with E-state index in [9.17, 15) is 0 Å². The van der Waals surface area contributed by atoms with Gasteiger partial charge in [-0.2, -0.15) is 0 Å². The van der Waals surface area contributed by atoms with Gasteiger partial charge in [0.05, 0.1) is 5.37 Å². The SMILES string of the molecule is CCCCCCNC1CC2=C(S1)C1c3ccc4c(c3C1C=C2)SC(CCc1ccccc1)C4. The van der Waals surface area contributed by atoms with Crippen molar-refractivity contribution >= 4 is 23.5 Å². The van der Waals surface area contributed by atoms with Gasteiger partial charge in [0.15, 0.2) is 0 Å². The van der Waals surface area contributed by atoms with E-state index in [4.69, 9.17) is 0 Å². The van der Waals surface area contributed by atoms with Crippen molar-refractivity contribution in [3.8, 4) is 0 Å². The van der Waals surface area contributed by atoms with E-state index >= 15 is 0 Å². The van der Waals surface area contributed by atoms with Gasteiger partial charge in [-0.25, -0.2) is 0 Å². The van der Waals surface area contributed by atoms with E-state index < -0.39 is 0 Å². The Labute approximate surface area is 207 Å². The van der Waals surface area contributed by atoms with Crippen LogP contribution in [0.25, 0.3) is 0 Å². The quantitative estimate of drug-likeness (QED) is 0.371. The van der Waals surface area contributed by atoms with Crippen LogP contribution in [-0.4, -0.2) is 17.2 Å². The maximum absolute atomic E-state index is 3.84. The smallest absolute Gasteiger partial charge is 0.0617 e. The van der Waals surface area contributed by atoms with Gasteiger partial charge in [0.2, 0.25) is 0 Å². The third-order valence-electron chi connectivity index (χ3n) is 7.85. The van der Waals surface area contributed by atoms with Crippen LogP contribution in [0.2, 0.25) is 0 Å². The minimum atomic E-state index is 0.579. The first kappa shape index (κ1) is 22.1. The molecular formula is C30H35NS2. The fraction of sp³-hybridized carbons (Fsp3) is 0.467. The predicted molar refractivity (Wildman–Crippen MR) is 144 cm³/mol. The van der Waals surface area contributed by atoms with E-state index in [0.29, 0.717) is 17.2 Å². The molecule has 6 rings (SSSR count). The zero-order chi connectivity index (χ0) is 22.2. The maximum atomic E-state index is 3.84. The average Bonchev–Trinajstić information content (AvgIpc) is 3.42. The van der Waals surface area contributed by atoms with Gasteiger partial charge in [0, 0.05) is 22.0 Å². The average molecular weight is 474 g/mol. The molecule has 0 saturated heterocycles. The van der Waals surface area contributed by atoms with Gasteiger partial charge in [-0.1, -0.05) is 80.8 Å². The lowest BCUT2D eigenvalue weighted by Gasteiger charge is -2.42. The third kappa shape index (κ3) is 4.26. The van der Waals surface area contributed by atoms with E-state index in [0.717, 1.165) is 5.25 Å². The summed E-state index contributed by atoms with van der Waals surface area (Å²) in [6, 6.07) is 15.9. The van der Waals surface area contributed by atoms with Gasteiger partial charge in [-0.15, -0.1) is 23.5 Å². The van der Waals surface area contributed by atoms with Gasteiger partial charge in [-0.3, -0.25) is 0 Å². The van der Waals surface area contributed by atoms with Crippen molar-refractivity contribution in [3.63, 3.8) is 0 Å². The molecule has 2 aliphatic carbocycles. The lowest BCUT2D eigenvalue weighted by atomic mass is 9.64. The summed E-state index contributed by atoms with van der Waals surface area (Å²) in [4.78, 5) is 3.30. The van der Waals surface area contributed by atoms with Crippen molar-refractivity contribution in [1.29, 1.82) is 0 Å². The third-order valence-corrected chi connectivity index (χ3v) is 10.7. The molecule has 0 spiro atoms. The molecule has 0 radical (unpaired) electrons. The number of hydrogen-bond donors (Lipinski definition) is 1. The van der Waals surface area contributed by atoms with Crippen LogP contribution in [0, 0.1) is 0 Å². The van der Waals surface area contributed by atoms with E-state index in [1.807, 2.05) is 0 Å². The second-order valence-electron chi connectivity index (χ2n) is 10.1. The highest BCUT2D eigenvalue weighted by Gasteiger charge is 2.47. The van der Waals surface area contributed by atoms with E-state index in [2.05, 4.69) is 90.4 Å². The minimum absolute atomic E-state index is 0.579. The van der Waals surface area contributed by atoms with E-state index in [1.165, 1.54) is 63.5 Å². The Balaban J connectivity index is 1.10. The maximum Gasteiger partial charge on any atom is 0.0617 e. The number of unbranched alkanes of at least 4 members (excludes halogenated alkanes) is 3. The molecule has 2 aromatic rings. The van der Waals surface area contributed by atoms with Crippen LogP contribution >= 0.6 is 23.5 Å². The fourth-order valence-electron chi connectivity index (χ4n) is 6.08. The van der Waals surface area contributed by atoms with Crippen LogP contribution in [0.1, 0.15) is 79.5 Å². The zero-order valence-electron chi connectivity index (χ0n) is 19.7. The standard InChI is InChI=1S/C30H35NS2/c1-2-3-4-8-17-31-26-19-22-13-16-25-27-24(28(25)30(22)33-26)15-12-21-18-23(32-29(21)27)14-11-20-9-6-5-7-10-20/h5-7,9-10,12-13,15-16,23,25-26,28,31H,2-4,8,11,14,17-19H2,1H3. The molecule has 1 N–H and O–H groups in total. The molecule has 1 nitrogen and oxygen atoms in total. The molecule has 0 bridgehead atoms. The van der Waals surface area contributed by atoms with Crippen LogP contribution in [0.3, 0.4) is 0 Å². The molecule has 2 aliphatic heterocycles. The number of benzene rings is 2. The molecule has 4 atom stereocenters. The van der Waals surface area contributed by atoms with Crippen molar-refractivity contribution in [3.05, 3.63) is 87.3 Å². The lowest BCUT2D eigenvalue weighted by Crippen LogP contribution is -2.27. The Morgan fingerprint density at radius 1 is 0.970 bits per heavy atom. The van der Waals surface area contributed by atoms with Crippen molar-refractivity contribution < 1.29 is 0 Å². The Kier molecular flexibility index (Phi) is 6.47. The molecule has 2 heterocycles. The van der Waals surface area contributed by atoms with Crippen molar-refractivity contribution in [2.24, 2.45) is 0 Å². The van der Waals surface area contributed by atoms with Gasteiger partial charge >= 0.3 is 0 Å². The molecule has 0 aromatic heterocycles. The first-order valence-electron chi connectivity index (χ1n) is 13.0. The molecule has 0 amide bonds. The summed E-state index contributed by atoms with van der Waals surface area (Å²) >= 11 is 4.31. The molecule has 2 aromatic carbocycles. The Morgan fingerprint density at radius 3 is 2.76 bits per heavy atom. The normalized spacial score (nSPS) is 26.6. The van der Waals surface area contributed by atoms with E-state index in [1.54, 1.807) is 32.1 Å². The van der Waals surface area contributed by atoms with E-state index in [-0.39, 0.29) is 0 Å². The van der Waals surface area contributed by atoms with Gasteiger partial charge in [-0.05, 0) is 71.4 Å². The highest BCUT2D eigenvalue weighted by Crippen LogP contribution is 2.63. The summed E-state index contributed by atoms with van der Waals surface area (Å²) in [7, 11) is 0. The summed E-state index contributed by atoms with van der Waals surface area (Å²) < 4.78 is 0. The first-order valence-corrected chi connectivity index (χ1v) is 14.7. The highest BCUT2D eigenvalue weighted by atomic mass is 32.2. The monoisotopic (exact) mass is 473 g/mol. The summed E-state index contributed by atoms with van der Waals surface area (Å²) in [6.45, 7) is 3.46. The van der Waals surface area contributed by atoms with Crippen molar-refractivity contribution in [1.82, 2.24) is 5.32 Å². The number of allylic oxidation sites excluding steroid dienone is 3. The largest absolute Gasteiger partial charge is 0.305 e. The van der Waals surface area contributed by atoms with Crippen LogP contribution in [0.15, 0.2) is 70.0 Å². The number of rotatable bonds is 9. The number of hydrogen-bond acceptors (Lipinski definition) is 3. The molecule has 4 aliphatic rings. The summed E-state index contributed by atoms with van der Waals surface area (Å²) in [5.74, 6) is 1.25.